The first kappa shape index (κ1) is 26.5. The molecule has 0 radical (unpaired) electrons. The van der Waals surface area contributed by atoms with Crippen LogP contribution in [-0.2, 0) is 20.9 Å². The molecule has 0 atom stereocenters. The summed E-state index contributed by atoms with van der Waals surface area (Å²) in [5, 5.41) is 0. The van der Waals surface area contributed by atoms with E-state index in [0.29, 0.717) is 0 Å². The van der Waals surface area contributed by atoms with E-state index in [2.05, 4.69) is 90.1 Å². The molecule has 0 amide bonds. The van der Waals surface area contributed by atoms with E-state index in [1.54, 1.807) is 0 Å². The van der Waals surface area contributed by atoms with Crippen molar-refractivity contribution in [3.8, 4) is 0 Å². The Bertz CT molecular complexity index is 1070. The topological polar surface area (TPSA) is 57.2 Å². The minimum atomic E-state index is -4.66. The van der Waals surface area contributed by atoms with Gasteiger partial charge in [-0.05, 0) is 58.4 Å². The van der Waals surface area contributed by atoms with E-state index in [0.717, 1.165) is 12.1 Å². The molecule has 0 unspecified atom stereocenters. The Kier molecular flexibility index (Phi) is 8.64. The van der Waals surface area contributed by atoms with Crippen molar-refractivity contribution in [2.45, 2.75) is 57.3 Å². The van der Waals surface area contributed by atoms with Crippen molar-refractivity contribution in [3.63, 3.8) is 0 Å². The second-order valence-corrected chi connectivity index (χ2v) is 13.9. The third kappa shape index (κ3) is 7.98. The minimum absolute atomic E-state index is 0.0703. The molecule has 3 rings (SSSR count). The number of hydrogen-bond acceptors (Lipinski definition) is 3. The molecule has 3 aromatic carbocycles. The van der Waals surface area contributed by atoms with Crippen LogP contribution in [0.15, 0.2) is 77.7 Å². The van der Waals surface area contributed by atoms with Crippen molar-refractivity contribution in [3.05, 3.63) is 96.9 Å². The first-order valence-corrected chi connectivity index (χ1v) is 13.8. The number of halogens is 2. The molecule has 0 heterocycles. The van der Waals surface area contributed by atoms with Gasteiger partial charge in [0.1, 0.15) is 15.9 Å². The Morgan fingerprint density at radius 1 is 0.688 bits per heavy atom. The average Bonchev–Trinajstić information content (AvgIpc) is 2.67. The summed E-state index contributed by atoms with van der Waals surface area (Å²) in [6.07, 6.45) is 0. The van der Waals surface area contributed by atoms with Crippen molar-refractivity contribution < 1.29 is 38.6 Å². The summed E-state index contributed by atoms with van der Waals surface area (Å²) < 4.78 is 46.3. The highest BCUT2D eigenvalue weighted by molar-refractivity contribution is 7.85. The summed E-state index contributed by atoms with van der Waals surface area (Å²) in [7, 11) is -4.66. The fraction of sp³-hybridized carbons (Fsp3) is 0.308. The third-order valence-electron chi connectivity index (χ3n) is 4.74. The number of rotatable bonds is 3. The minimum Gasteiger partial charge on any atom is -0.744 e. The van der Waals surface area contributed by atoms with E-state index in [4.69, 9.17) is 0 Å². The molecule has 0 aliphatic heterocycles. The molecule has 3 nitrogen and oxygen atoms in total. The molecule has 0 aliphatic rings. The molecule has 0 bridgehead atoms. The Hall–Kier alpha value is -1.77. The SMILES string of the molecule is CC(C)(C)c1ccc([I+]c2ccc(C(C)(C)C)cc2)cc1.O=S(=O)([O-])c1ccccc1F. The van der Waals surface area contributed by atoms with Crippen molar-refractivity contribution in [1.82, 2.24) is 0 Å². The van der Waals surface area contributed by atoms with Gasteiger partial charge < -0.3 is 4.55 Å². The summed E-state index contributed by atoms with van der Waals surface area (Å²) in [5.74, 6) is -1.01. The van der Waals surface area contributed by atoms with E-state index < -0.39 is 20.8 Å². The third-order valence-corrected chi connectivity index (χ3v) is 8.30. The summed E-state index contributed by atoms with van der Waals surface area (Å²) in [6, 6.07) is 22.8. The fourth-order valence-corrected chi connectivity index (χ4v) is 5.51. The van der Waals surface area contributed by atoms with Crippen LogP contribution in [0.5, 0.6) is 0 Å². The highest BCUT2D eigenvalue weighted by atomic mass is 127. The molecule has 0 aromatic heterocycles. The van der Waals surface area contributed by atoms with E-state index in [9.17, 15) is 17.4 Å². The van der Waals surface area contributed by atoms with Gasteiger partial charge in [0.05, 0.1) is 4.90 Å². The Morgan fingerprint density at radius 2 is 1.06 bits per heavy atom. The lowest BCUT2D eigenvalue weighted by atomic mass is 9.87. The largest absolute Gasteiger partial charge is 0.744 e. The molecule has 6 heteroatoms. The van der Waals surface area contributed by atoms with Gasteiger partial charge in [0, 0.05) is 0 Å². The van der Waals surface area contributed by atoms with Crippen molar-refractivity contribution >= 4 is 10.1 Å². The average molecular weight is 568 g/mol. The van der Waals surface area contributed by atoms with E-state index in [1.165, 1.54) is 30.4 Å². The predicted octanol–water partition coefficient (Wildman–Crippen LogP) is 3.14. The Balaban J connectivity index is 0.000000278. The van der Waals surface area contributed by atoms with Crippen LogP contribution in [0, 0.1) is 13.0 Å². The van der Waals surface area contributed by atoms with Crippen LogP contribution in [0.1, 0.15) is 52.7 Å². The maximum atomic E-state index is 12.5. The van der Waals surface area contributed by atoms with Crippen LogP contribution in [0.4, 0.5) is 4.39 Å². The lowest BCUT2D eigenvalue weighted by Gasteiger charge is -2.18. The van der Waals surface area contributed by atoms with Crippen LogP contribution in [0.2, 0.25) is 0 Å². The number of hydrogen-bond donors (Lipinski definition) is 0. The monoisotopic (exact) mass is 568 g/mol. The van der Waals surface area contributed by atoms with Crippen LogP contribution in [0.3, 0.4) is 0 Å². The van der Waals surface area contributed by atoms with Gasteiger partial charge in [-0.15, -0.1) is 0 Å². The standard InChI is InChI=1S/C20H26I.C6H5FO3S/c1-19(2,3)15-7-11-17(12-8-15)21-18-13-9-16(10-14-18)20(4,5)6;7-5-3-1-2-4-6(5)11(8,9)10/h7-14H,1-6H3;1-4H,(H,8,9,10)/q+1;/p-1. The van der Waals surface area contributed by atoms with Crippen LogP contribution < -0.4 is 21.2 Å². The van der Waals surface area contributed by atoms with Gasteiger partial charge in [-0.3, -0.25) is 0 Å². The molecule has 0 saturated heterocycles. The lowest BCUT2D eigenvalue weighted by Crippen LogP contribution is -3.61. The maximum absolute atomic E-state index is 12.5. The van der Waals surface area contributed by atoms with E-state index in [-0.39, 0.29) is 32.0 Å². The molecule has 172 valence electrons. The van der Waals surface area contributed by atoms with Gasteiger partial charge >= 0.3 is 21.2 Å². The molecule has 3 aromatic rings. The summed E-state index contributed by atoms with van der Waals surface area (Å²) >= 11 is -0.0703. The highest BCUT2D eigenvalue weighted by Gasteiger charge is 2.20. The molecule has 0 fully saturated rings. The quantitative estimate of drug-likeness (QED) is 0.361. The highest BCUT2D eigenvalue weighted by Crippen LogP contribution is 2.22. The molecule has 32 heavy (non-hydrogen) atoms. The van der Waals surface area contributed by atoms with Gasteiger partial charge in [-0.2, -0.15) is 0 Å². The molecule has 0 N–H and O–H groups in total. The summed E-state index contributed by atoms with van der Waals surface area (Å²) in [4.78, 5) is -0.806. The summed E-state index contributed by atoms with van der Waals surface area (Å²) in [5.41, 5.74) is 3.31. The van der Waals surface area contributed by atoms with Crippen LogP contribution in [0.25, 0.3) is 0 Å². The lowest BCUT2D eigenvalue weighted by molar-refractivity contribution is -0.597. The normalized spacial score (nSPS) is 12.1. The van der Waals surface area contributed by atoms with Crippen LogP contribution >= 0.6 is 0 Å². The zero-order valence-electron chi connectivity index (χ0n) is 19.3. The first-order chi connectivity index (χ1) is 14.7. The Morgan fingerprint density at radius 3 is 1.34 bits per heavy atom. The van der Waals surface area contributed by atoms with Crippen LogP contribution in [-0.4, -0.2) is 13.0 Å². The first-order valence-electron chi connectivity index (χ1n) is 10.2. The van der Waals surface area contributed by atoms with Gasteiger partial charge in [0.25, 0.3) is 0 Å². The molecular weight excluding hydrogens is 538 g/mol. The molecule has 0 saturated carbocycles. The Labute approximate surface area is 202 Å². The zero-order valence-corrected chi connectivity index (χ0v) is 22.3. The zero-order chi connectivity index (χ0) is 24.2. The predicted molar refractivity (Wildman–Crippen MR) is 122 cm³/mol. The van der Waals surface area contributed by atoms with E-state index >= 15 is 0 Å². The molecule has 0 spiro atoms. The second kappa shape index (κ2) is 10.4. The van der Waals surface area contributed by atoms with Gasteiger partial charge in [0.2, 0.25) is 0 Å². The van der Waals surface area contributed by atoms with E-state index in [1.807, 2.05) is 0 Å². The van der Waals surface area contributed by atoms with Gasteiger partial charge in [-0.1, -0.05) is 77.9 Å². The summed E-state index contributed by atoms with van der Waals surface area (Å²) in [6.45, 7) is 13.6. The molecular formula is C26H30FIO3S. The van der Waals surface area contributed by atoms with Gasteiger partial charge in [-0.25, -0.2) is 12.8 Å². The van der Waals surface area contributed by atoms with Crippen molar-refractivity contribution in [2.75, 3.05) is 0 Å². The smallest absolute Gasteiger partial charge is 0.357 e. The maximum Gasteiger partial charge on any atom is 0.357 e. The fourth-order valence-electron chi connectivity index (χ4n) is 2.80. The molecule has 0 aliphatic carbocycles. The number of benzene rings is 3. The van der Waals surface area contributed by atoms with Crippen molar-refractivity contribution in [2.24, 2.45) is 0 Å². The second-order valence-electron chi connectivity index (χ2n) is 9.49. The van der Waals surface area contributed by atoms with Crippen molar-refractivity contribution in [1.29, 1.82) is 0 Å². The van der Waals surface area contributed by atoms with Gasteiger partial charge in [0.15, 0.2) is 7.14 Å².